The number of fused-ring (bicyclic) bond motifs is 1. The van der Waals surface area contributed by atoms with E-state index >= 15 is 0 Å². The minimum Gasteiger partial charge on any atom is -0.504 e. The highest BCUT2D eigenvalue weighted by atomic mass is 16.6. The highest BCUT2D eigenvalue weighted by Crippen LogP contribution is 2.45. The van der Waals surface area contributed by atoms with Gasteiger partial charge in [-0.25, -0.2) is 0 Å². The van der Waals surface area contributed by atoms with Crippen molar-refractivity contribution in [3.05, 3.63) is 28.3 Å². The molecule has 0 radical (unpaired) electrons. The minimum atomic E-state index is -1.54. The third-order valence-electron chi connectivity index (χ3n) is 4.07. The lowest BCUT2D eigenvalue weighted by molar-refractivity contribution is -0.187. The van der Waals surface area contributed by atoms with E-state index in [4.69, 9.17) is 14.2 Å². The Kier molecular flexibility index (Phi) is 3.42. The number of phenols is 1. The number of rotatable bonds is 2. The highest BCUT2D eigenvalue weighted by Gasteiger charge is 2.43. The van der Waals surface area contributed by atoms with E-state index in [-0.39, 0.29) is 46.8 Å². The summed E-state index contributed by atoms with van der Waals surface area (Å²) in [5.74, 6) is -2.78. The molecular weight excluding hydrogens is 304 g/mol. The molecule has 0 aromatic heterocycles. The van der Waals surface area contributed by atoms with Crippen LogP contribution >= 0.6 is 0 Å². The van der Waals surface area contributed by atoms with Crippen LogP contribution in [0.15, 0.2) is 17.2 Å². The number of Topliss-reactive ketones (excluding diaryl/α,β-unsaturated/α-hetero) is 2. The average molecular weight is 320 g/mol. The van der Waals surface area contributed by atoms with Gasteiger partial charge in [-0.3, -0.25) is 9.59 Å². The maximum Gasteiger partial charge on any atom is 0.196 e. The predicted octanol–water partition coefficient (Wildman–Crippen LogP) is 1.21. The topological polar surface area (TPSA) is 102 Å². The van der Waals surface area contributed by atoms with E-state index in [2.05, 4.69) is 0 Å². The number of hydrogen-bond acceptors (Lipinski definition) is 7. The fourth-order valence-electron chi connectivity index (χ4n) is 2.91. The van der Waals surface area contributed by atoms with Crippen molar-refractivity contribution in [1.29, 1.82) is 0 Å². The first-order valence-electron chi connectivity index (χ1n) is 6.96. The molecule has 0 unspecified atom stereocenters. The predicted molar refractivity (Wildman–Crippen MR) is 78.1 cm³/mol. The van der Waals surface area contributed by atoms with Gasteiger partial charge in [0.25, 0.3) is 0 Å². The largest absolute Gasteiger partial charge is 0.504 e. The smallest absolute Gasteiger partial charge is 0.196 e. The van der Waals surface area contributed by atoms with Crippen LogP contribution in [0.1, 0.15) is 34.1 Å². The zero-order valence-corrected chi connectivity index (χ0v) is 12.9. The monoisotopic (exact) mass is 320 g/mol. The molecule has 1 aliphatic heterocycles. The quantitative estimate of drug-likeness (QED) is 0.844. The second-order valence-corrected chi connectivity index (χ2v) is 5.64. The second kappa shape index (κ2) is 5.07. The summed E-state index contributed by atoms with van der Waals surface area (Å²) in [7, 11) is 2.69. The van der Waals surface area contributed by atoms with Crippen LogP contribution < -0.4 is 9.47 Å². The van der Waals surface area contributed by atoms with Crippen LogP contribution in [0, 0.1) is 0 Å². The molecule has 1 aliphatic carbocycles. The van der Waals surface area contributed by atoms with Crippen LogP contribution in [0.5, 0.6) is 17.2 Å². The normalized spacial score (nSPS) is 23.5. The van der Waals surface area contributed by atoms with E-state index < -0.39 is 23.1 Å². The summed E-state index contributed by atoms with van der Waals surface area (Å²) in [6.07, 6.45) is -0.134. The molecule has 0 spiro atoms. The summed E-state index contributed by atoms with van der Waals surface area (Å²) in [6.45, 7) is 1.23. The molecule has 2 aliphatic rings. The van der Waals surface area contributed by atoms with Gasteiger partial charge in [0.15, 0.2) is 28.9 Å². The molecule has 23 heavy (non-hydrogen) atoms. The lowest BCUT2D eigenvalue weighted by Crippen LogP contribution is -2.39. The van der Waals surface area contributed by atoms with E-state index in [0.717, 1.165) is 0 Å². The molecule has 0 fully saturated rings. The average Bonchev–Trinajstić information content (AvgIpc) is 2.51. The summed E-state index contributed by atoms with van der Waals surface area (Å²) < 4.78 is 15.4. The zero-order valence-electron chi connectivity index (χ0n) is 12.9. The van der Waals surface area contributed by atoms with Crippen LogP contribution in [-0.2, 0) is 4.74 Å². The maximum atomic E-state index is 12.8. The van der Waals surface area contributed by atoms with Crippen LogP contribution in [0.4, 0.5) is 0 Å². The van der Waals surface area contributed by atoms with E-state index in [1.165, 1.54) is 27.2 Å². The van der Waals surface area contributed by atoms with Gasteiger partial charge in [0.2, 0.25) is 0 Å². The molecule has 1 aromatic rings. The van der Waals surface area contributed by atoms with Gasteiger partial charge in [-0.05, 0) is 6.92 Å². The molecule has 0 amide bonds. The third-order valence-corrected chi connectivity index (χ3v) is 4.07. The molecule has 1 heterocycles. The minimum absolute atomic E-state index is 0.0142. The van der Waals surface area contributed by atoms with Crippen molar-refractivity contribution in [2.75, 3.05) is 20.8 Å². The summed E-state index contributed by atoms with van der Waals surface area (Å²) in [5, 5.41) is 20.3. The number of phenolic OH excluding ortho intramolecular Hbond substituents is 1. The Labute approximate surface area is 132 Å². The Morgan fingerprint density at radius 3 is 2.30 bits per heavy atom. The van der Waals surface area contributed by atoms with Gasteiger partial charge in [-0.15, -0.1) is 0 Å². The molecule has 0 saturated carbocycles. The number of aliphatic hydroxyl groups is 1. The van der Waals surface area contributed by atoms with Gasteiger partial charge < -0.3 is 24.4 Å². The van der Waals surface area contributed by atoms with Crippen molar-refractivity contribution in [2.24, 2.45) is 0 Å². The molecule has 0 bridgehead atoms. The Morgan fingerprint density at radius 2 is 1.70 bits per heavy atom. The number of hydrogen-bond donors (Lipinski definition) is 2. The number of ketones is 2. The van der Waals surface area contributed by atoms with Crippen molar-refractivity contribution in [3.63, 3.8) is 0 Å². The van der Waals surface area contributed by atoms with Crippen molar-refractivity contribution < 1.29 is 34.0 Å². The standard InChI is InChI=1S/C16H16O7/c1-16(20)5-7-8(6-23-16)14(18)11-9(21-2)4-10(22-3)15(19)12(11)13(7)17/h4,19-20H,5-6H2,1-3H3/t16-/m1/s1. The van der Waals surface area contributed by atoms with Gasteiger partial charge >= 0.3 is 0 Å². The number of methoxy groups -OCH3 is 2. The van der Waals surface area contributed by atoms with E-state index in [1.54, 1.807) is 0 Å². The fourth-order valence-corrected chi connectivity index (χ4v) is 2.91. The van der Waals surface area contributed by atoms with E-state index in [9.17, 15) is 19.8 Å². The van der Waals surface area contributed by atoms with Crippen molar-refractivity contribution in [2.45, 2.75) is 19.1 Å². The van der Waals surface area contributed by atoms with E-state index in [1.807, 2.05) is 0 Å². The molecule has 0 saturated heterocycles. The summed E-state index contributed by atoms with van der Waals surface area (Å²) in [5.41, 5.74) is 0.142. The SMILES string of the molecule is COc1cc(OC)c2c(c1O)C(=O)C1=C(CO[C@@](C)(O)C1)C2=O. The molecule has 7 heteroatoms. The highest BCUT2D eigenvalue weighted by molar-refractivity contribution is 6.29. The van der Waals surface area contributed by atoms with Gasteiger partial charge in [0.1, 0.15) is 5.75 Å². The maximum absolute atomic E-state index is 12.8. The summed E-state index contributed by atoms with van der Waals surface area (Å²) in [6, 6.07) is 1.35. The summed E-state index contributed by atoms with van der Waals surface area (Å²) in [4.78, 5) is 25.5. The van der Waals surface area contributed by atoms with Crippen molar-refractivity contribution >= 4 is 11.6 Å². The van der Waals surface area contributed by atoms with Crippen LogP contribution in [0.2, 0.25) is 0 Å². The molecule has 3 rings (SSSR count). The number of carbonyl (C=O) groups is 2. The Morgan fingerprint density at radius 1 is 1.09 bits per heavy atom. The molecule has 7 nitrogen and oxygen atoms in total. The molecular formula is C16H16O7. The number of ether oxygens (including phenoxy) is 3. The first-order valence-corrected chi connectivity index (χ1v) is 6.96. The zero-order chi connectivity index (χ0) is 16.9. The van der Waals surface area contributed by atoms with Crippen molar-refractivity contribution in [1.82, 2.24) is 0 Å². The molecule has 2 N–H and O–H groups in total. The van der Waals surface area contributed by atoms with Crippen LogP contribution in [0.3, 0.4) is 0 Å². The molecule has 1 atom stereocenters. The Hall–Kier alpha value is -2.38. The van der Waals surface area contributed by atoms with E-state index in [0.29, 0.717) is 0 Å². The molecule has 1 aromatic carbocycles. The lowest BCUT2D eigenvalue weighted by atomic mass is 9.79. The van der Waals surface area contributed by atoms with Gasteiger partial charge in [0, 0.05) is 23.6 Å². The van der Waals surface area contributed by atoms with Crippen LogP contribution in [-0.4, -0.2) is 48.4 Å². The first kappa shape index (κ1) is 15.5. The van der Waals surface area contributed by atoms with Gasteiger partial charge in [-0.1, -0.05) is 0 Å². The molecule has 122 valence electrons. The first-order chi connectivity index (χ1) is 10.8. The summed E-state index contributed by atoms with van der Waals surface area (Å²) >= 11 is 0. The Bertz CT molecular complexity index is 758. The Balaban J connectivity index is 2.27. The van der Waals surface area contributed by atoms with Gasteiger partial charge in [0.05, 0.1) is 32.0 Å². The number of carbonyl (C=O) groups excluding carboxylic acids is 2. The number of benzene rings is 1. The van der Waals surface area contributed by atoms with Crippen LogP contribution in [0.25, 0.3) is 0 Å². The third kappa shape index (κ3) is 2.20. The van der Waals surface area contributed by atoms with Gasteiger partial charge in [-0.2, -0.15) is 0 Å². The fraction of sp³-hybridized carbons (Fsp3) is 0.375. The van der Waals surface area contributed by atoms with Crippen molar-refractivity contribution in [3.8, 4) is 17.2 Å². The second-order valence-electron chi connectivity index (χ2n) is 5.64. The number of aromatic hydroxyl groups is 1. The lowest BCUT2D eigenvalue weighted by Gasteiger charge is -2.34.